The monoisotopic (exact) mass is 453 g/mol. The van der Waals surface area contributed by atoms with E-state index in [0.29, 0.717) is 28.2 Å². The van der Waals surface area contributed by atoms with Crippen molar-refractivity contribution in [1.29, 1.82) is 0 Å². The lowest BCUT2D eigenvalue weighted by atomic mass is 10.2. The number of fused-ring (bicyclic) bond motifs is 1. The highest BCUT2D eigenvalue weighted by molar-refractivity contribution is 5.80. The van der Waals surface area contributed by atoms with Gasteiger partial charge in [-0.25, -0.2) is 9.97 Å². The van der Waals surface area contributed by atoms with Gasteiger partial charge in [0.25, 0.3) is 5.56 Å². The van der Waals surface area contributed by atoms with Crippen LogP contribution in [0.25, 0.3) is 22.3 Å². The summed E-state index contributed by atoms with van der Waals surface area (Å²) in [6, 6.07) is 4.54. The summed E-state index contributed by atoms with van der Waals surface area (Å²) in [5.41, 5.74) is 1.30. The van der Waals surface area contributed by atoms with Crippen LogP contribution in [0.2, 0.25) is 0 Å². The Hall–Kier alpha value is -3.25. The van der Waals surface area contributed by atoms with Gasteiger partial charge < -0.3 is 24.5 Å². The van der Waals surface area contributed by atoms with Crippen LogP contribution in [0.4, 0.5) is 19.0 Å². The van der Waals surface area contributed by atoms with Crippen LogP contribution in [-0.2, 0) is 11.3 Å². The minimum Gasteiger partial charge on any atom is -0.481 e. The Labute approximate surface area is 180 Å². The quantitative estimate of drug-likeness (QED) is 0.475. The van der Waals surface area contributed by atoms with Crippen molar-refractivity contribution in [1.82, 2.24) is 19.5 Å². The van der Waals surface area contributed by atoms with E-state index in [2.05, 4.69) is 25.0 Å². The first-order valence-corrected chi connectivity index (χ1v) is 9.64. The summed E-state index contributed by atoms with van der Waals surface area (Å²) in [6.45, 7) is -0.479. The average molecular weight is 453 g/mol. The lowest BCUT2D eigenvalue weighted by Gasteiger charge is -2.16. The van der Waals surface area contributed by atoms with Crippen LogP contribution < -0.4 is 15.6 Å². The molecule has 0 radical (unpaired) electrons. The summed E-state index contributed by atoms with van der Waals surface area (Å²) < 4.78 is 48.2. The second kappa shape index (κ2) is 9.92. The minimum atomic E-state index is -4.47. The van der Waals surface area contributed by atoms with Crippen LogP contribution in [0, 0.1) is 0 Å². The first-order chi connectivity index (χ1) is 15.2. The first-order valence-electron chi connectivity index (χ1n) is 9.64. The number of aliphatic hydroxyl groups excluding tert-OH is 1. The number of alkyl halides is 3. The molecule has 0 amide bonds. The molecule has 0 bridgehead atoms. The van der Waals surface area contributed by atoms with E-state index in [1.165, 1.54) is 17.9 Å². The van der Waals surface area contributed by atoms with Crippen molar-refractivity contribution < 1.29 is 27.8 Å². The highest BCUT2D eigenvalue weighted by atomic mass is 19.4. The number of rotatable bonds is 9. The molecule has 9 nitrogen and oxygen atoms in total. The fourth-order valence-electron chi connectivity index (χ4n) is 2.89. The number of ether oxygens (including phenoxy) is 2. The zero-order chi connectivity index (χ0) is 23.3. The number of aromatic nitrogens is 4. The lowest BCUT2D eigenvalue weighted by molar-refractivity contribution is -0.174. The SMILES string of the molecule is COc1ccc(-c2cc3c(cn2)nc(N[C@H](C)CO)c(=O)n3CCOCC(F)(F)F)cn1. The third kappa shape index (κ3) is 5.71. The number of hydrogen-bond donors (Lipinski definition) is 2. The maximum absolute atomic E-state index is 13.0. The van der Waals surface area contributed by atoms with E-state index in [1.54, 1.807) is 31.3 Å². The predicted octanol–water partition coefficient (Wildman–Crippen LogP) is 2.23. The molecule has 0 aromatic carbocycles. The number of nitrogens with zero attached hydrogens (tertiary/aromatic N) is 4. The van der Waals surface area contributed by atoms with Crippen molar-refractivity contribution in [3.63, 3.8) is 0 Å². The molecule has 0 aliphatic rings. The van der Waals surface area contributed by atoms with Gasteiger partial charge in [0.15, 0.2) is 5.82 Å². The Bertz CT molecular complexity index is 1120. The van der Waals surface area contributed by atoms with Crippen LogP contribution in [0.15, 0.2) is 35.4 Å². The second-order valence-corrected chi connectivity index (χ2v) is 6.96. The second-order valence-electron chi connectivity index (χ2n) is 6.96. The van der Waals surface area contributed by atoms with Crippen LogP contribution in [0.5, 0.6) is 5.88 Å². The van der Waals surface area contributed by atoms with Gasteiger partial charge in [0.1, 0.15) is 12.1 Å². The molecule has 0 saturated heterocycles. The van der Waals surface area contributed by atoms with Gasteiger partial charge >= 0.3 is 6.18 Å². The number of methoxy groups -OCH3 is 1. The summed E-state index contributed by atoms with van der Waals surface area (Å²) >= 11 is 0. The molecule has 0 saturated carbocycles. The van der Waals surface area contributed by atoms with E-state index in [4.69, 9.17) is 4.74 Å². The number of aliphatic hydroxyl groups is 1. The minimum absolute atomic E-state index is 0.0458. The van der Waals surface area contributed by atoms with Crippen molar-refractivity contribution in [2.24, 2.45) is 0 Å². The van der Waals surface area contributed by atoms with Crippen molar-refractivity contribution in [2.45, 2.75) is 25.7 Å². The fourth-order valence-corrected chi connectivity index (χ4v) is 2.89. The number of anilines is 1. The zero-order valence-corrected chi connectivity index (χ0v) is 17.4. The fraction of sp³-hybridized carbons (Fsp3) is 0.400. The average Bonchev–Trinajstić information content (AvgIpc) is 2.77. The lowest BCUT2D eigenvalue weighted by Crippen LogP contribution is -2.31. The van der Waals surface area contributed by atoms with E-state index < -0.39 is 24.4 Å². The largest absolute Gasteiger partial charge is 0.481 e. The molecule has 0 unspecified atom stereocenters. The molecule has 3 heterocycles. The Balaban J connectivity index is 2.02. The Kier molecular flexibility index (Phi) is 7.26. The summed E-state index contributed by atoms with van der Waals surface area (Å²) in [5, 5.41) is 12.1. The highest BCUT2D eigenvalue weighted by Crippen LogP contribution is 2.22. The summed E-state index contributed by atoms with van der Waals surface area (Å²) in [5.74, 6) is 0.374. The Morgan fingerprint density at radius 2 is 2.03 bits per heavy atom. The van der Waals surface area contributed by atoms with Gasteiger partial charge in [-0.15, -0.1) is 0 Å². The molecule has 12 heteroatoms. The van der Waals surface area contributed by atoms with E-state index in [0.717, 1.165) is 0 Å². The maximum atomic E-state index is 13.0. The summed E-state index contributed by atoms with van der Waals surface area (Å²) in [7, 11) is 1.49. The van der Waals surface area contributed by atoms with Gasteiger partial charge in [-0.3, -0.25) is 9.78 Å². The molecule has 3 aromatic rings. The van der Waals surface area contributed by atoms with Gasteiger partial charge in [0, 0.05) is 30.4 Å². The molecular weight excluding hydrogens is 431 g/mol. The van der Waals surface area contributed by atoms with E-state index in [1.807, 2.05) is 0 Å². The van der Waals surface area contributed by atoms with Crippen molar-refractivity contribution in [2.75, 3.05) is 32.2 Å². The number of halogens is 3. The van der Waals surface area contributed by atoms with Crippen LogP contribution >= 0.6 is 0 Å². The topological polar surface area (TPSA) is 111 Å². The Morgan fingerprint density at radius 1 is 1.25 bits per heavy atom. The molecule has 172 valence electrons. The summed E-state index contributed by atoms with van der Waals surface area (Å²) in [4.78, 5) is 25.7. The molecule has 2 N–H and O–H groups in total. The molecule has 0 spiro atoms. The molecule has 32 heavy (non-hydrogen) atoms. The van der Waals surface area contributed by atoms with Gasteiger partial charge in [0.05, 0.1) is 37.7 Å². The third-order valence-electron chi connectivity index (χ3n) is 4.46. The van der Waals surface area contributed by atoms with E-state index >= 15 is 0 Å². The van der Waals surface area contributed by atoms with Gasteiger partial charge in [-0.05, 0) is 19.1 Å². The van der Waals surface area contributed by atoms with Crippen LogP contribution in [-0.4, -0.2) is 63.8 Å². The van der Waals surface area contributed by atoms with Gasteiger partial charge in [-0.2, -0.15) is 13.2 Å². The molecule has 3 rings (SSSR count). The molecule has 1 atom stereocenters. The van der Waals surface area contributed by atoms with Gasteiger partial charge in [-0.1, -0.05) is 0 Å². The van der Waals surface area contributed by atoms with Crippen LogP contribution in [0.3, 0.4) is 0 Å². The number of nitrogens with one attached hydrogen (secondary N) is 1. The maximum Gasteiger partial charge on any atom is 0.411 e. The third-order valence-corrected chi connectivity index (χ3v) is 4.46. The normalized spacial score (nSPS) is 12.7. The standard InChI is InChI=1S/C20H22F3N5O4/c1-12(10-29)26-18-19(30)28(5-6-32-11-20(21,22)23)16-7-14(24-9-15(16)27-18)13-3-4-17(31-2)25-8-13/h3-4,7-9,12,29H,5-6,10-11H2,1-2H3,(H,26,27)/t12-/m1/s1. The molecule has 0 aliphatic heterocycles. The van der Waals surface area contributed by atoms with Crippen LogP contribution in [0.1, 0.15) is 6.92 Å². The highest BCUT2D eigenvalue weighted by Gasteiger charge is 2.27. The summed E-state index contributed by atoms with van der Waals surface area (Å²) in [6.07, 6.45) is -1.46. The molecule has 0 aliphatic carbocycles. The van der Waals surface area contributed by atoms with Crippen molar-refractivity contribution >= 4 is 16.9 Å². The predicted molar refractivity (Wildman–Crippen MR) is 111 cm³/mol. The molecule has 3 aromatic heterocycles. The zero-order valence-electron chi connectivity index (χ0n) is 17.4. The molecule has 0 fully saturated rings. The van der Waals surface area contributed by atoms with E-state index in [-0.39, 0.29) is 25.6 Å². The van der Waals surface area contributed by atoms with Crippen molar-refractivity contribution in [3.8, 4) is 17.1 Å². The smallest absolute Gasteiger partial charge is 0.411 e. The Morgan fingerprint density at radius 3 is 2.66 bits per heavy atom. The van der Waals surface area contributed by atoms with E-state index in [9.17, 15) is 23.1 Å². The number of pyridine rings is 2. The molecular formula is C20H22F3N5O4. The van der Waals surface area contributed by atoms with Crippen molar-refractivity contribution in [3.05, 3.63) is 40.9 Å². The number of hydrogen-bond acceptors (Lipinski definition) is 8. The van der Waals surface area contributed by atoms with Gasteiger partial charge in [0.2, 0.25) is 5.88 Å². The first kappa shape index (κ1) is 23.4.